The number of hydrogen-bond acceptors (Lipinski definition) is 2. The molecule has 110 valence electrons. The van der Waals surface area contributed by atoms with E-state index in [0.717, 1.165) is 19.4 Å². The summed E-state index contributed by atoms with van der Waals surface area (Å²) in [5.41, 5.74) is 1.17. The number of carbonyl (C=O) groups excluding carboxylic acids is 2. The molecule has 1 aromatic carbocycles. The van der Waals surface area contributed by atoms with Crippen molar-refractivity contribution in [2.45, 2.75) is 33.1 Å². The third kappa shape index (κ3) is 6.36. The second-order valence-electron chi connectivity index (χ2n) is 4.84. The average Bonchev–Trinajstić information content (AvgIpc) is 2.45. The van der Waals surface area contributed by atoms with Gasteiger partial charge in [0, 0.05) is 33.0 Å². The van der Waals surface area contributed by atoms with Crippen LogP contribution in [-0.2, 0) is 16.0 Å². The lowest BCUT2D eigenvalue weighted by Crippen LogP contribution is -2.37. The van der Waals surface area contributed by atoms with Gasteiger partial charge in [-0.2, -0.15) is 0 Å². The van der Waals surface area contributed by atoms with E-state index in [4.69, 9.17) is 0 Å². The van der Waals surface area contributed by atoms with Crippen molar-refractivity contribution in [2.75, 3.05) is 19.6 Å². The Morgan fingerprint density at radius 2 is 1.85 bits per heavy atom. The molecule has 2 amide bonds. The minimum atomic E-state index is 0.0360. The number of nitrogens with zero attached hydrogens (tertiary/aromatic N) is 1. The van der Waals surface area contributed by atoms with E-state index in [1.54, 1.807) is 11.8 Å². The van der Waals surface area contributed by atoms with Crippen molar-refractivity contribution in [1.29, 1.82) is 0 Å². The highest BCUT2D eigenvalue weighted by Gasteiger charge is 2.07. The normalized spacial score (nSPS) is 10.1. The first-order chi connectivity index (χ1) is 9.63. The molecule has 0 unspecified atom stereocenters. The number of aryl methyl sites for hydroxylation is 1. The number of carbonyl (C=O) groups is 2. The molecular formula is C16H24N2O2. The van der Waals surface area contributed by atoms with Gasteiger partial charge in [-0.3, -0.25) is 9.59 Å². The number of hydrogen-bond donors (Lipinski definition) is 1. The van der Waals surface area contributed by atoms with Gasteiger partial charge in [0.15, 0.2) is 0 Å². The summed E-state index contributed by atoms with van der Waals surface area (Å²) < 4.78 is 0. The highest BCUT2D eigenvalue weighted by Crippen LogP contribution is 2.02. The molecule has 4 nitrogen and oxygen atoms in total. The van der Waals surface area contributed by atoms with Gasteiger partial charge in [-0.15, -0.1) is 0 Å². The van der Waals surface area contributed by atoms with Gasteiger partial charge in [0.2, 0.25) is 11.8 Å². The van der Waals surface area contributed by atoms with Crippen LogP contribution >= 0.6 is 0 Å². The fourth-order valence-corrected chi connectivity index (χ4v) is 2.02. The zero-order chi connectivity index (χ0) is 14.8. The second-order valence-corrected chi connectivity index (χ2v) is 4.84. The Morgan fingerprint density at radius 1 is 1.15 bits per heavy atom. The third-order valence-electron chi connectivity index (χ3n) is 3.13. The van der Waals surface area contributed by atoms with Gasteiger partial charge in [-0.1, -0.05) is 37.3 Å². The molecule has 0 atom stereocenters. The first kappa shape index (κ1) is 16.2. The van der Waals surface area contributed by atoms with Crippen LogP contribution in [0.5, 0.6) is 0 Å². The van der Waals surface area contributed by atoms with Crippen LogP contribution in [0.4, 0.5) is 0 Å². The summed E-state index contributed by atoms with van der Waals surface area (Å²) in [6, 6.07) is 9.96. The quantitative estimate of drug-likeness (QED) is 0.789. The van der Waals surface area contributed by atoms with Crippen LogP contribution in [0.3, 0.4) is 0 Å². The van der Waals surface area contributed by atoms with Crippen LogP contribution in [0, 0.1) is 0 Å². The van der Waals surface area contributed by atoms with Crippen LogP contribution in [0.2, 0.25) is 0 Å². The van der Waals surface area contributed by atoms with Gasteiger partial charge in [-0.25, -0.2) is 0 Å². The Hall–Kier alpha value is -1.84. The lowest BCUT2D eigenvalue weighted by Gasteiger charge is -2.20. The van der Waals surface area contributed by atoms with E-state index in [1.807, 2.05) is 37.3 Å². The highest BCUT2D eigenvalue weighted by atomic mass is 16.2. The van der Waals surface area contributed by atoms with Gasteiger partial charge in [0.25, 0.3) is 0 Å². The minimum Gasteiger partial charge on any atom is -0.354 e. The van der Waals surface area contributed by atoms with Crippen molar-refractivity contribution in [3.8, 4) is 0 Å². The van der Waals surface area contributed by atoms with Gasteiger partial charge >= 0.3 is 0 Å². The Bertz CT molecular complexity index is 418. The van der Waals surface area contributed by atoms with Crippen molar-refractivity contribution in [2.24, 2.45) is 0 Å². The lowest BCUT2D eigenvalue weighted by atomic mass is 10.1. The summed E-state index contributed by atoms with van der Waals surface area (Å²) in [5.74, 6) is 0.0965. The average molecular weight is 276 g/mol. The summed E-state index contributed by atoms with van der Waals surface area (Å²) >= 11 is 0. The summed E-state index contributed by atoms with van der Waals surface area (Å²) in [6.07, 6.45) is 2.16. The zero-order valence-electron chi connectivity index (χ0n) is 12.4. The lowest BCUT2D eigenvalue weighted by molar-refractivity contribution is -0.129. The zero-order valence-corrected chi connectivity index (χ0v) is 12.4. The summed E-state index contributed by atoms with van der Waals surface area (Å²) in [7, 11) is 0. The Labute approximate surface area is 121 Å². The predicted molar refractivity (Wildman–Crippen MR) is 80.3 cm³/mol. The molecule has 1 aromatic rings. The summed E-state index contributed by atoms with van der Waals surface area (Å²) in [6.45, 7) is 5.45. The summed E-state index contributed by atoms with van der Waals surface area (Å²) in [4.78, 5) is 24.8. The fraction of sp³-hybridized carbons (Fsp3) is 0.500. The molecule has 0 heterocycles. The van der Waals surface area contributed by atoms with Gasteiger partial charge < -0.3 is 10.2 Å². The molecule has 0 fully saturated rings. The van der Waals surface area contributed by atoms with E-state index >= 15 is 0 Å². The van der Waals surface area contributed by atoms with E-state index in [-0.39, 0.29) is 11.8 Å². The molecule has 1 N–H and O–H groups in total. The van der Waals surface area contributed by atoms with E-state index in [0.29, 0.717) is 19.5 Å². The monoisotopic (exact) mass is 276 g/mol. The largest absolute Gasteiger partial charge is 0.354 e. The Balaban J connectivity index is 2.21. The third-order valence-corrected chi connectivity index (χ3v) is 3.13. The Kier molecular flexibility index (Phi) is 7.40. The van der Waals surface area contributed by atoms with Crippen molar-refractivity contribution in [3.05, 3.63) is 35.9 Å². The van der Waals surface area contributed by atoms with E-state index in [1.165, 1.54) is 5.56 Å². The van der Waals surface area contributed by atoms with Crippen molar-refractivity contribution >= 4 is 11.8 Å². The summed E-state index contributed by atoms with van der Waals surface area (Å²) in [5, 5.41) is 2.86. The molecule has 0 spiro atoms. The number of amides is 2. The topological polar surface area (TPSA) is 49.4 Å². The van der Waals surface area contributed by atoms with E-state index in [9.17, 15) is 9.59 Å². The Morgan fingerprint density at radius 3 is 2.45 bits per heavy atom. The van der Waals surface area contributed by atoms with Gasteiger partial charge in [-0.05, 0) is 18.4 Å². The van der Waals surface area contributed by atoms with Crippen LogP contribution in [-0.4, -0.2) is 36.3 Å². The predicted octanol–water partition coefficient (Wildman–Crippen LogP) is 1.99. The first-order valence-corrected chi connectivity index (χ1v) is 7.19. The smallest absolute Gasteiger partial charge is 0.220 e. The van der Waals surface area contributed by atoms with E-state index in [2.05, 4.69) is 5.32 Å². The number of nitrogens with one attached hydrogen (secondary N) is 1. The van der Waals surface area contributed by atoms with Crippen LogP contribution in [0.25, 0.3) is 0 Å². The molecular weight excluding hydrogens is 252 g/mol. The molecule has 0 saturated carbocycles. The molecule has 4 heteroatoms. The SMILES string of the molecule is CCCN(CCNC(=O)CCc1ccccc1)C(C)=O. The highest BCUT2D eigenvalue weighted by molar-refractivity contribution is 5.76. The van der Waals surface area contributed by atoms with Crippen molar-refractivity contribution in [3.63, 3.8) is 0 Å². The van der Waals surface area contributed by atoms with Crippen molar-refractivity contribution < 1.29 is 9.59 Å². The van der Waals surface area contributed by atoms with Crippen LogP contribution in [0.15, 0.2) is 30.3 Å². The van der Waals surface area contributed by atoms with Crippen LogP contribution < -0.4 is 5.32 Å². The molecule has 1 rings (SSSR count). The van der Waals surface area contributed by atoms with Crippen LogP contribution in [0.1, 0.15) is 32.3 Å². The molecule has 0 radical (unpaired) electrons. The number of benzene rings is 1. The second kappa shape index (κ2) is 9.13. The molecule has 0 aliphatic carbocycles. The van der Waals surface area contributed by atoms with E-state index < -0.39 is 0 Å². The van der Waals surface area contributed by atoms with Gasteiger partial charge in [0.05, 0.1) is 0 Å². The molecule has 0 saturated heterocycles. The standard InChI is InChI=1S/C16H24N2O2/c1-3-12-18(14(2)19)13-11-17-16(20)10-9-15-7-5-4-6-8-15/h4-8H,3,9-13H2,1-2H3,(H,17,20). The molecule has 0 bridgehead atoms. The molecule has 20 heavy (non-hydrogen) atoms. The minimum absolute atomic E-state index is 0.0360. The molecule has 0 aliphatic rings. The fourth-order valence-electron chi connectivity index (χ4n) is 2.02. The maximum absolute atomic E-state index is 11.7. The van der Waals surface area contributed by atoms with Crippen molar-refractivity contribution in [1.82, 2.24) is 10.2 Å². The maximum Gasteiger partial charge on any atom is 0.220 e. The number of rotatable bonds is 8. The van der Waals surface area contributed by atoms with Gasteiger partial charge in [0.1, 0.15) is 0 Å². The maximum atomic E-state index is 11.7. The molecule has 0 aliphatic heterocycles. The first-order valence-electron chi connectivity index (χ1n) is 7.19. The molecule has 0 aromatic heterocycles.